The van der Waals surface area contributed by atoms with Gasteiger partial charge in [0.25, 0.3) is 11.1 Å². The number of nitrogens with zero attached hydrogens (tertiary/aromatic N) is 2. The Kier molecular flexibility index (Phi) is 5.69. The molecule has 0 bridgehead atoms. The van der Waals surface area contributed by atoms with Crippen LogP contribution in [0.15, 0.2) is 70.3 Å². The fraction of sp³-hybridized carbons (Fsp3) is 0.158. The Morgan fingerprint density at radius 3 is 2.62 bits per heavy atom. The van der Waals surface area contributed by atoms with E-state index in [0.717, 1.165) is 11.5 Å². The van der Waals surface area contributed by atoms with Crippen molar-refractivity contribution in [1.82, 2.24) is 10.2 Å². The average molecular weight is 338 g/mol. The van der Waals surface area contributed by atoms with Crippen LogP contribution in [0.25, 0.3) is 6.08 Å². The Bertz CT molecular complexity index is 783. The normalized spacial score (nSPS) is 11.0. The van der Waals surface area contributed by atoms with Crippen molar-refractivity contribution in [3.63, 3.8) is 0 Å². The second-order valence-electron chi connectivity index (χ2n) is 5.19. The van der Waals surface area contributed by atoms with Gasteiger partial charge in [-0.2, -0.15) is 0 Å². The molecule has 1 heterocycles. The van der Waals surface area contributed by atoms with Crippen molar-refractivity contribution in [2.75, 3.05) is 5.75 Å². The number of aryl methyl sites for hydroxylation is 1. The van der Waals surface area contributed by atoms with Gasteiger partial charge in [-0.05, 0) is 24.6 Å². The maximum atomic E-state index is 5.62. The highest BCUT2D eigenvalue weighted by molar-refractivity contribution is 7.99. The Morgan fingerprint density at radius 1 is 1.04 bits per heavy atom. The van der Waals surface area contributed by atoms with Crippen LogP contribution in [-0.2, 0) is 6.61 Å². The summed E-state index contributed by atoms with van der Waals surface area (Å²) >= 11 is 1.50. The average Bonchev–Trinajstić information content (AvgIpc) is 3.07. The number of benzene rings is 2. The van der Waals surface area contributed by atoms with E-state index in [1.165, 1.54) is 22.9 Å². The van der Waals surface area contributed by atoms with Gasteiger partial charge in [-0.15, -0.1) is 10.2 Å². The van der Waals surface area contributed by atoms with Gasteiger partial charge in [0.05, 0.1) is 0 Å². The van der Waals surface area contributed by atoms with E-state index in [1.807, 2.05) is 49.4 Å². The first-order valence-electron chi connectivity index (χ1n) is 7.66. The van der Waals surface area contributed by atoms with Crippen LogP contribution in [0, 0.1) is 6.92 Å². The molecule has 0 aliphatic heterocycles. The largest absolute Gasteiger partial charge is 0.484 e. The lowest BCUT2D eigenvalue weighted by Crippen LogP contribution is -1.95. The predicted molar refractivity (Wildman–Crippen MR) is 96.0 cm³/mol. The lowest BCUT2D eigenvalue weighted by atomic mass is 10.2. The molecule has 2 aromatic carbocycles. The van der Waals surface area contributed by atoms with Gasteiger partial charge in [0.1, 0.15) is 5.75 Å². The van der Waals surface area contributed by atoms with Gasteiger partial charge in [0, 0.05) is 5.75 Å². The van der Waals surface area contributed by atoms with Crippen LogP contribution in [0.2, 0.25) is 0 Å². The summed E-state index contributed by atoms with van der Waals surface area (Å²) in [4.78, 5) is 0. The topological polar surface area (TPSA) is 48.2 Å². The van der Waals surface area contributed by atoms with Gasteiger partial charge in [-0.3, -0.25) is 0 Å². The van der Waals surface area contributed by atoms with E-state index in [-0.39, 0.29) is 6.61 Å². The second-order valence-corrected chi connectivity index (χ2v) is 6.16. The summed E-state index contributed by atoms with van der Waals surface area (Å²) in [5.41, 5.74) is 2.37. The first kappa shape index (κ1) is 16.3. The molecule has 0 unspecified atom stereocenters. The number of hydrogen-bond acceptors (Lipinski definition) is 5. The van der Waals surface area contributed by atoms with E-state index in [0.29, 0.717) is 11.1 Å². The molecular weight excluding hydrogens is 320 g/mol. The van der Waals surface area contributed by atoms with Crippen LogP contribution >= 0.6 is 11.8 Å². The van der Waals surface area contributed by atoms with Gasteiger partial charge < -0.3 is 9.15 Å². The molecule has 0 atom stereocenters. The summed E-state index contributed by atoms with van der Waals surface area (Å²) in [6, 6.07) is 18.0. The number of hydrogen-bond donors (Lipinski definition) is 0. The highest BCUT2D eigenvalue weighted by Gasteiger charge is 2.06. The molecule has 24 heavy (non-hydrogen) atoms. The summed E-state index contributed by atoms with van der Waals surface area (Å²) in [7, 11) is 0. The van der Waals surface area contributed by atoms with Crippen molar-refractivity contribution in [2.45, 2.75) is 18.8 Å². The molecule has 1 aromatic heterocycles. The van der Waals surface area contributed by atoms with Crippen molar-refractivity contribution in [1.29, 1.82) is 0 Å². The van der Waals surface area contributed by atoms with Crippen molar-refractivity contribution in [3.05, 3.63) is 77.7 Å². The second kappa shape index (κ2) is 8.36. The molecule has 3 aromatic rings. The lowest BCUT2D eigenvalue weighted by molar-refractivity contribution is 0.252. The molecule has 5 heteroatoms. The highest BCUT2D eigenvalue weighted by Crippen LogP contribution is 2.18. The molecule has 0 radical (unpaired) electrons. The SMILES string of the molecule is Cc1ccc(OCc2nnc(SCC=Cc3ccccc3)o2)cc1. The standard InChI is InChI=1S/C19H18N2O2S/c1-15-9-11-17(12-10-15)22-14-18-20-21-19(23-18)24-13-5-8-16-6-3-2-4-7-16/h2-12H,13-14H2,1H3. The van der Waals surface area contributed by atoms with E-state index in [1.54, 1.807) is 0 Å². The zero-order valence-corrected chi connectivity index (χ0v) is 14.2. The molecule has 0 aliphatic carbocycles. The Hall–Kier alpha value is -2.53. The molecule has 0 spiro atoms. The Morgan fingerprint density at radius 2 is 1.83 bits per heavy atom. The molecule has 0 saturated carbocycles. The first-order chi connectivity index (χ1) is 11.8. The van der Waals surface area contributed by atoms with Crippen molar-refractivity contribution in [2.24, 2.45) is 0 Å². The third kappa shape index (κ3) is 4.99. The number of aromatic nitrogens is 2. The summed E-state index contributed by atoms with van der Waals surface area (Å²) < 4.78 is 11.2. The van der Waals surface area contributed by atoms with Crippen LogP contribution in [0.4, 0.5) is 0 Å². The van der Waals surface area contributed by atoms with Crippen LogP contribution in [0.3, 0.4) is 0 Å². The molecule has 4 nitrogen and oxygen atoms in total. The van der Waals surface area contributed by atoms with Gasteiger partial charge in [-0.1, -0.05) is 71.9 Å². The van der Waals surface area contributed by atoms with Gasteiger partial charge in [0.15, 0.2) is 6.61 Å². The fourth-order valence-corrected chi connectivity index (χ4v) is 2.59. The zero-order valence-electron chi connectivity index (χ0n) is 13.4. The van der Waals surface area contributed by atoms with E-state index in [4.69, 9.17) is 9.15 Å². The first-order valence-corrected chi connectivity index (χ1v) is 8.64. The minimum absolute atomic E-state index is 0.274. The quantitative estimate of drug-likeness (QED) is 0.581. The highest BCUT2D eigenvalue weighted by atomic mass is 32.2. The maximum absolute atomic E-state index is 5.62. The maximum Gasteiger partial charge on any atom is 0.277 e. The van der Waals surface area contributed by atoms with Gasteiger partial charge in [0.2, 0.25) is 0 Å². The third-order valence-electron chi connectivity index (χ3n) is 3.24. The monoisotopic (exact) mass is 338 g/mol. The summed E-state index contributed by atoms with van der Waals surface area (Å²) in [6.07, 6.45) is 4.15. The summed E-state index contributed by atoms with van der Waals surface area (Å²) in [5.74, 6) is 2.04. The number of thioether (sulfide) groups is 1. The molecule has 122 valence electrons. The van der Waals surface area contributed by atoms with Crippen LogP contribution in [-0.4, -0.2) is 16.0 Å². The van der Waals surface area contributed by atoms with Crippen LogP contribution in [0.5, 0.6) is 5.75 Å². The number of ether oxygens (including phenoxy) is 1. The van der Waals surface area contributed by atoms with Crippen molar-refractivity contribution >= 4 is 17.8 Å². The predicted octanol–water partition coefficient (Wildman–Crippen LogP) is 4.76. The molecule has 0 saturated heterocycles. The minimum atomic E-state index is 0.274. The molecule has 0 N–H and O–H groups in total. The number of rotatable bonds is 7. The van der Waals surface area contributed by atoms with Crippen molar-refractivity contribution < 1.29 is 9.15 Å². The smallest absolute Gasteiger partial charge is 0.277 e. The third-order valence-corrected chi connectivity index (χ3v) is 4.02. The zero-order chi connectivity index (χ0) is 16.6. The summed E-state index contributed by atoms with van der Waals surface area (Å²) in [5, 5.41) is 8.57. The Balaban J connectivity index is 1.45. The molecule has 3 rings (SSSR count). The van der Waals surface area contributed by atoms with Crippen LogP contribution in [0.1, 0.15) is 17.0 Å². The molecule has 0 fully saturated rings. The van der Waals surface area contributed by atoms with E-state index < -0.39 is 0 Å². The minimum Gasteiger partial charge on any atom is -0.484 e. The van der Waals surface area contributed by atoms with Gasteiger partial charge >= 0.3 is 0 Å². The fourth-order valence-electron chi connectivity index (χ4n) is 2.00. The van der Waals surface area contributed by atoms with Crippen LogP contribution < -0.4 is 4.74 Å². The molecular formula is C19H18N2O2S. The van der Waals surface area contributed by atoms with E-state index in [2.05, 4.69) is 34.5 Å². The van der Waals surface area contributed by atoms with Crippen molar-refractivity contribution in [3.8, 4) is 5.75 Å². The Labute approximate surface area is 145 Å². The molecule has 0 amide bonds. The van der Waals surface area contributed by atoms with E-state index >= 15 is 0 Å². The lowest BCUT2D eigenvalue weighted by Gasteiger charge is -2.02. The summed E-state index contributed by atoms with van der Waals surface area (Å²) in [6.45, 7) is 2.31. The van der Waals surface area contributed by atoms with Gasteiger partial charge in [-0.25, -0.2) is 0 Å². The van der Waals surface area contributed by atoms with E-state index in [9.17, 15) is 0 Å². The molecule has 0 aliphatic rings.